The van der Waals surface area contributed by atoms with Crippen LogP contribution in [0.3, 0.4) is 0 Å². The lowest BCUT2D eigenvalue weighted by atomic mass is 10.1. The Hall–Kier alpha value is -2.40. The lowest BCUT2D eigenvalue weighted by molar-refractivity contribution is -0.120. The van der Waals surface area contributed by atoms with Gasteiger partial charge in [-0.2, -0.15) is 5.10 Å². The summed E-state index contributed by atoms with van der Waals surface area (Å²) in [6, 6.07) is 8.74. The molecule has 0 radical (unpaired) electrons. The first-order valence-corrected chi connectivity index (χ1v) is 6.61. The van der Waals surface area contributed by atoms with Gasteiger partial charge in [-0.15, -0.1) is 0 Å². The first kappa shape index (κ1) is 15.0. The average Bonchev–Trinajstić information content (AvgIpc) is 2.50. The highest BCUT2D eigenvalue weighted by Crippen LogP contribution is 2.22. The molecule has 0 bridgehead atoms. The number of hydrogen-bond donors (Lipinski definition) is 1. The second-order valence-corrected chi connectivity index (χ2v) is 4.62. The van der Waals surface area contributed by atoms with Crippen LogP contribution < -0.4 is 10.2 Å². The molecule has 0 fully saturated rings. The van der Waals surface area contributed by atoms with Gasteiger partial charge in [0, 0.05) is 17.4 Å². The van der Waals surface area contributed by atoms with Gasteiger partial charge in [-0.3, -0.25) is 9.78 Å². The van der Waals surface area contributed by atoms with Gasteiger partial charge < -0.3 is 4.74 Å². The summed E-state index contributed by atoms with van der Waals surface area (Å²) in [5.74, 6) is 0.401. The molecule has 6 heteroatoms. The Kier molecular flexibility index (Phi) is 5.29. The van der Waals surface area contributed by atoms with Crippen LogP contribution in [0.15, 0.2) is 47.8 Å². The van der Waals surface area contributed by atoms with Crippen LogP contribution in [-0.4, -0.2) is 24.2 Å². The van der Waals surface area contributed by atoms with Crippen molar-refractivity contribution in [1.29, 1.82) is 0 Å². The number of benzene rings is 1. The molecule has 5 nitrogen and oxygen atoms in total. The summed E-state index contributed by atoms with van der Waals surface area (Å²) in [7, 11) is 1.56. The molecule has 0 aliphatic rings. The molecule has 108 valence electrons. The molecule has 21 heavy (non-hydrogen) atoms. The third-order valence-electron chi connectivity index (χ3n) is 2.71. The molecule has 0 atom stereocenters. The van der Waals surface area contributed by atoms with E-state index in [4.69, 9.17) is 16.3 Å². The van der Waals surface area contributed by atoms with Crippen molar-refractivity contribution in [2.45, 2.75) is 6.42 Å². The first-order chi connectivity index (χ1) is 10.2. The van der Waals surface area contributed by atoms with E-state index < -0.39 is 0 Å². The van der Waals surface area contributed by atoms with Gasteiger partial charge in [-0.25, -0.2) is 5.43 Å². The topological polar surface area (TPSA) is 63.6 Å². The van der Waals surface area contributed by atoms with Gasteiger partial charge >= 0.3 is 0 Å². The fourth-order valence-electron chi connectivity index (χ4n) is 1.65. The number of aromatic nitrogens is 1. The summed E-state index contributed by atoms with van der Waals surface area (Å²) < 4.78 is 5.10. The van der Waals surface area contributed by atoms with Crippen LogP contribution in [-0.2, 0) is 11.2 Å². The second kappa shape index (κ2) is 7.40. The van der Waals surface area contributed by atoms with Crippen LogP contribution in [0.1, 0.15) is 11.1 Å². The van der Waals surface area contributed by atoms with Crippen molar-refractivity contribution in [2.24, 2.45) is 5.10 Å². The number of ether oxygens (including phenoxy) is 1. The number of nitrogens with one attached hydrogen (secondary N) is 1. The van der Waals surface area contributed by atoms with E-state index >= 15 is 0 Å². The maximum absolute atomic E-state index is 11.8. The zero-order valence-electron chi connectivity index (χ0n) is 11.4. The lowest BCUT2D eigenvalue weighted by Crippen LogP contribution is -2.20. The number of hydrazone groups is 1. The normalized spacial score (nSPS) is 10.6. The van der Waals surface area contributed by atoms with E-state index in [1.165, 1.54) is 0 Å². The molecule has 1 amide bonds. The van der Waals surface area contributed by atoms with E-state index in [-0.39, 0.29) is 12.3 Å². The monoisotopic (exact) mass is 303 g/mol. The predicted octanol–water partition coefficient (Wildman–Crippen LogP) is 2.44. The van der Waals surface area contributed by atoms with Crippen molar-refractivity contribution < 1.29 is 9.53 Å². The Bertz CT molecular complexity index is 645. The maximum Gasteiger partial charge on any atom is 0.244 e. The predicted molar refractivity (Wildman–Crippen MR) is 81.7 cm³/mol. The number of methoxy groups -OCH3 is 1. The molecule has 1 aromatic carbocycles. The summed E-state index contributed by atoms with van der Waals surface area (Å²) in [4.78, 5) is 15.7. The number of rotatable bonds is 5. The van der Waals surface area contributed by atoms with E-state index in [2.05, 4.69) is 15.5 Å². The molecular formula is C15H14ClN3O2. The van der Waals surface area contributed by atoms with E-state index in [1.807, 2.05) is 0 Å². The number of amides is 1. The lowest BCUT2D eigenvalue weighted by Gasteiger charge is -2.06. The number of hydrogen-bond acceptors (Lipinski definition) is 4. The number of nitrogens with zero attached hydrogens (tertiary/aromatic N) is 2. The quantitative estimate of drug-likeness (QED) is 0.681. The highest BCUT2D eigenvalue weighted by molar-refractivity contribution is 6.31. The van der Waals surface area contributed by atoms with Crippen molar-refractivity contribution >= 4 is 23.7 Å². The molecule has 0 saturated carbocycles. The zero-order valence-corrected chi connectivity index (χ0v) is 12.2. The van der Waals surface area contributed by atoms with E-state index in [0.717, 1.165) is 5.56 Å². The van der Waals surface area contributed by atoms with Gasteiger partial charge in [0.2, 0.25) is 5.91 Å². The molecule has 1 heterocycles. The molecule has 0 aliphatic carbocycles. The molecule has 2 aromatic rings. The molecule has 2 rings (SSSR count). The third kappa shape index (κ3) is 4.57. The van der Waals surface area contributed by atoms with Crippen LogP contribution in [0, 0.1) is 0 Å². The Morgan fingerprint density at radius 2 is 2.14 bits per heavy atom. The third-order valence-corrected chi connectivity index (χ3v) is 3.08. The SMILES string of the molecule is COc1ccc(Cl)c(CC(=O)N/N=C/c2ccncc2)c1. The van der Waals surface area contributed by atoms with Crippen LogP contribution in [0.25, 0.3) is 0 Å². The summed E-state index contributed by atoms with van der Waals surface area (Å²) in [5.41, 5.74) is 3.99. The molecule has 1 aromatic heterocycles. The molecule has 0 aliphatic heterocycles. The summed E-state index contributed by atoms with van der Waals surface area (Å²) >= 11 is 6.05. The summed E-state index contributed by atoms with van der Waals surface area (Å²) in [5, 5.41) is 4.40. The Morgan fingerprint density at radius 1 is 1.38 bits per heavy atom. The smallest absolute Gasteiger partial charge is 0.244 e. The highest BCUT2D eigenvalue weighted by Gasteiger charge is 2.07. The van der Waals surface area contributed by atoms with Gasteiger partial charge in [-0.1, -0.05) is 11.6 Å². The molecule has 0 saturated heterocycles. The van der Waals surface area contributed by atoms with Crippen LogP contribution in [0.2, 0.25) is 5.02 Å². The largest absolute Gasteiger partial charge is 0.497 e. The van der Waals surface area contributed by atoms with Crippen LogP contribution in [0.4, 0.5) is 0 Å². The van der Waals surface area contributed by atoms with Crippen molar-refractivity contribution in [1.82, 2.24) is 10.4 Å². The first-order valence-electron chi connectivity index (χ1n) is 6.23. The number of pyridine rings is 1. The van der Waals surface area contributed by atoms with Gasteiger partial charge in [0.1, 0.15) is 5.75 Å². The number of carbonyl (C=O) groups is 1. The van der Waals surface area contributed by atoms with E-state index in [0.29, 0.717) is 16.3 Å². The van der Waals surface area contributed by atoms with Crippen LogP contribution in [0.5, 0.6) is 5.75 Å². The Morgan fingerprint density at radius 3 is 2.86 bits per heavy atom. The van der Waals surface area contributed by atoms with Gasteiger partial charge in [0.05, 0.1) is 19.7 Å². The summed E-state index contributed by atoms with van der Waals surface area (Å²) in [6.45, 7) is 0. The van der Waals surface area contributed by atoms with E-state index in [9.17, 15) is 4.79 Å². The number of carbonyl (C=O) groups excluding carboxylic acids is 1. The van der Waals surface area contributed by atoms with Crippen molar-refractivity contribution in [3.63, 3.8) is 0 Å². The molecule has 1 N–H and O–H groups in total. The summed E-state index contributed by atoms with van der Waals surface area (Å²) in [6.07, 6.45) is 4.98. The second-order valence-electron chi connectivity index (χ2n) is 4.21. The highest BCUT2D eigenvalue weighted by atomic mass is 35.5. The van der Waals surface area contributed by atoms with Crippen molar-refractivity contribution in [3.8, 4) is 5.75 Å². The fraction of sp³-hybridized carbons (Fsp3) is 0.133. The van der Waals surface area contributed by atoms with Crippen molar-refractivity contribution in [2.75, 3.05) is 7.11 Å². The minimum Gasteiger partial charge on any atom is -0.497 e. The number of halogens is 1. The van der Waals surface area contributed by atoms with Gasteiger partial charge in [0.25, 0.3) is 0 Å². The van der Waals surface area contributed by atoms with Gasteiger partial charge in [-0.05, 0) is 41.5 Å². The maximum atomic E-state index is 11.8. The minimum absolute atomic E-state index is 0.129. The molecule has 0 unspecified atom stereocenters. The fourth-order valence-corrected chi connectivity index (χ4v) is 1.84. The van der Waals surface area contributed by atoms with Gasteiger partial charge in [0.15, 0.2) is 0 Å². The van der Waals surface area contributed by atoms with Crippen LogP contribution >= 0.6 is 11.6 Å². The van der Waals surface area contributed by atoms with E-state index in [1.54, 1.807) is 56.0 Å². The van der Waals surface area contributed by atoms with Crippen molar-refractivity contribution in [3.05, 3.63) is 58.9 Å². The molecule has 0 spiro atoms. The average molecular weight is 304 g/mol. The Balaban J connectivity index is 1.94. The minimum atomic E-state index is -0.254. The molecular weight excluding hydrogens is 290 g/mol. The zero-order chi connectivity index (χ0) is 15.1. The Labute approximate surface area is 127 Å². The standard InChI is InChI=1S/C15H14ClN3O2/c1-21-13-2-3-14(16)12(8-13)9-15(20)19-18-10-11-4-6-17-7-5-11/h2-8,10H,9H2,1H3,(H,19,20)/b18-10+.